The van der Waals surface area contributed by atoms with E-state index in [0.717, 1.165) is 18.9 Å². The van der Waals surface area contributed by atoms with E-state index in [1.165, 1.54) is 29.7 Å². The molecule has 0 amide bonds. The molecule has 17 heavy (non-hydrogen) atoms. The van der Waals surface area contributed by atoms with Crippen LogP contribution in [-0.2, 0) is 11.3 Å². The standard InChI is InChI=1S/C14H21NOS/c1-15-10-12-5-7-14(8-6-12)17-11-13-4-2-3-9-16-13/h5-8,13,15H,2-4,9-11H2,1H3. The number of benzene rings is 1. The molecule has 2 nitrogen and oxygen atoms in total. The van der Waals surface area contributed by atoms with Gasteiger partial charge in [-0.2, -0.15) is 0 Å². The monoisotopic (exact) mass is 251 g/mol. The van der Waals surface area contributed by atoms with E-state index in [0.29, 0.717) is 6.10 Å². The number of hydrogen-bond acceptors (Lipinski definition) is 3. The lowest BCUT2D eigenvalue weighted by Crippen LogP contribution is -2.21. The molecule has 1 atom stereocenters. The van der Waals surface area contributed by atoms with Crippen molar-refractivity contribution < 1.29 is 4.74 Å². The second kappa shape index (κ2) is 7.04. The third-order valence-corrected chi connectivity index (χ3v) is 4.16. The summed E-state index contributed by atoms with van der Waals surface area (Å²) in [4.78, 5) is 1.35. The van der Waals surface area contributed by atoms with Crippen molar-refractivity contribution in [1.29, 1.82) is 0 Å². The Morgan fingerprint density at radius 3 is 2.76 bits per heavy atom. The molecular weight excluding hydrogens is 230 g/mol. The second-order valence-electron chi connectivity index (χ2n) is 4.47. The molecule has 1 aliphatic rings. The Kier molecular flexibility index (Phi) is 5.36. The van der Waals surface area contributed by atoms with Crippen molar-refractivity contribution in [3.8, 4) is 0 Å². The minimum Gasteiger partial charge on any atom is -0.377 e. The van der Waals surface area contributed by atoms with Crippen LogP contribution >= 0.6 is 11.8 Å². The smallest absolute Gasteiger partial charge is 0.0669 e. The van der Waals surface area contributed by atoms with Crippen molar-refractivity contribution in [2.45, 2.75) is 36.8 Å². The topological polar surface area (TPSA) is 21.3 Å². The van der Waals surface area contributed by atoms with E-state index in [-0.39, 0.29) is 0 Å². The Hall–Kier alpha value is -0.510. The van der Waals surface area contributed by atoms with Gasteiger partial charge in [0, 0.05) is 23.8 Å². The molecule has 2 rings (SSSR count). The summed E-state index contributed by atoms with van der Waals surface area (Å²) in [6, 6.07) is 8.81. The molecule has 1 fully saturated rings. The fourth-order valence-corrected chi connectivity index (χ4v) is 3.01. The minimum atomic E-state index is 0.464. The third-order valence-electron chi connectivity index (χ3n) is 3.01. The number of thioether (sulfide) groups is 1. The molecule has 0 spiro atoms. The van der Waals surface area contributed by atoms with Crippen LogP contribution in [0.2, 0.25) is 0 Å². The van der Waals surface area contributed by atoms with Gasteiger partial charge in [0.2, 0.25) is 0 Å². The van der Waals surface area contributed by atoms with Gasteiger partial charge in [0.1, 0.15) is 0 Å². The van der Waals surface area contributed by atoms with E-state index in [1.807, 2.05) is 18.8 Å². The van der Waals surface area contributed by atoms with E-state index in [1.54, 1.807) is 0 Å². The van der Waals surface area contributed by atoms with Gasteiger partial charge in [0.05, 0.1) is 6.10 Å². The van der Waals surface area contributed by atoms with Crippen molar-refractivity contribution in [2.24, 2.45) is 0 Å². The molecule has 0 saturated carbocycles. The Labute approximate surface area is 108 Å². The van der Waals surface area contributed by atoms with Crippen LogP contribution in [0.5, 0.6) is 0 Å². The molecule has 1 saturated heterocycles. The first-order valence-electron chi connectivity index (χ1n) is 6.36. The average Bonchev–Trinajstić information content (AvgIpc) is 2.40. The summed E-state index contributed by atoms with van der Waals surface area (Å²) in [5, 5.41) is 3.16. The summed E-state index contributed by atoms with van der Waals surface area (Å²) >= 11 is 1.91. The zero-order valence-electron chi connectivity index (χ0n) is 10.4. The van der Waals surface area contributed by atoms with Crippen molar-refractivity contribution >= 4 is 11.8 Å². The van der Waals surface area contributed by atoms with Crippen molar-refractivity contribution in [2.75, 3.05) is 19.4 Å². The molecule has 1 unspecified atom stereocenters. The normalized spacial score (nSPS) is 20.4. The van der Waals surface area contributed by atoms with Crippen LogP contribution in [0.4, 0.5) is 0 Å². The highest BCUT2D eigenvalue weighted by Gasteiger charge is 2.13. The summed E-state index contributed by atoms with van der Waals surface area (Å²) < 4.78 is 5.73. The quantitative estimate of drug-likeness (QED) is 0.813. The maximum atomic E-state index is 5.73. The van der Waals surface area contributed by atoms with E-state index in [4.69, 9.17) is 4.74 Å². The molecule has 0 bridgehead atoms. The van der Waals surface area contributed by atoms with Gasteiger partial charge >= 0.3 is 0 Å². The second-order valence-corrected chi connectivity index (χ2v) is 5.57. The molecular formula is C14H21NOS. The fraction of sp³-hybridized carbons (Fsp3) is 0.571. The molecule has 1 aromatic carbocycles. The lowest BCUT2D eigenvalue weighted by molar-refractivity contribution is 0.0315. The number of nitrogens with one attached hydrogen (secondary N) is 1. The highest BCUT2D eigenvalue weighted by atomic mass is 32.2. The summed E-state index contributed by atoms with van der Waals surface area (Å²) in [7, 11) is 1.98. The zero-order valence-corrected chi connectivity index (χ0v) is 11.3. The van der Waals surface area contributed by atoms with E-state index in [2.05, 4.69) is 29.6 Å². The largest absolute Gasteiger partial charge is 0.377 e. The van der Waals surface area contributed by atoms with Crippen molar-refractivity contribution in [3.63, 3.8) is 0 Å². The average molecular weight is 251 g/mol. The van der Waals surface area contributed by atoms with E-state index < -0.39 is 0 Å². The zero-order chi connectivity index (χ0) is 11.9. The molecule has 0 aromatic heterocycles. The summed E-state index contributed by atoms with van der Waals surface area (Å²) in [6.45, 7) is 1.89. The van der Waals surface area contributed by atoms with Gasteiger partial charge in [0.25, 0.3) is 0 Å². The predicted octanol–water partition coefficient (Wildman–Crippen LogP) is 3.07. The molecule has 1 aromatic rings. The predicted molar refractivity (Wildman–Crippen MR) is 73.5 cm³/mol. The van der Waals surface area contributed by atoms with Gasteiger partial charge in [-0.25, -0.2) is 0 Å². The first-order valence-corrected chi connectivity index (χ1v) is 7.35. The Morgan fingerprint density at radius 2 is 2.12 bits per heavy atom. The molecule has 1 N–H and O–H groups in total. The number of ether oxygens (including phenoxy) is 1. The molecule has 1 aliphatic heterocycles. The molecule has 0 radical (unpaired) electrons. The fourth-order valence-electron chi connectivity index (χ4n) is 2.04. The van der Waals surface area contributed by atoms with Crippen molar-refractivity contribution in [1.82, 2.24) is 5.32 Å². The molecule has 0 aliphatic carbocycles. The van der Waals surface area contributed by atoms with Crippen molar-refractivity contribution in [3.05, 3.63) is 29.8 Å². The van der Waals surface area contributed by atoms with Crippen LogP contribution in [0.15, 0.2) is 29.2 Å². The van der Waals surface area contributed by atoms with Crippen LogP contribution in [0.3, 0.4) is 0 Å². The molecule has 1 heterocycles. The van der Waals surface area contributed by atoms with Gasteiger partial charge < -0.3 is 10.1 Å². The highest BCUT2D eigenvalue weighted by Crippen LogP contribution is 2.23. The van der Waals surface area contributed by atoms with E-state index >= 15 is 0 Å². The highest BCUT2D eigenvalue weighted by molar-refractivity contribution is 7.99. The first kappa shape index (κ1) is 12.9. The lowest BCUT2D eigenvalue weighted by Gasteiger charge is -2.22. The van der Waals surface area contributed by atoms with Crippen LogP contribution in [-0.4, -0.2) is 25.5 Å². The lowest BCUT2D eigenvalue weighted by atomic mass is 10.1. The van der Waals surface area contributed by atoms with Gasteiger partial charge in [-0.15, -0.1) is 11.8 Å². The Balaban J connectivity index is 1.77. The van der Waals surface area contributed by atoms with E-state index in [9.17, 15) is 0 Å². The SMILES string of the molecule is CNCc1ccc(SCC2CCCCO2)cc1. The minimum absolute atomic E-state index is 0.464. The molecule has 94 valence electrons. The third kappa shape index (κ3) is 4.34. The summed E-state index contributed by atoms with van der Waals surface area (Å²) in [5.74, 6) is 1.09. The summed E-state index contributed by atoms with van der Waals surface area (Å²) in [5.41, 5.74) is 1.34. The first-order chi connectivity index (χ1) is 8.38. The van der Waals surface area contributed by atoms with Crippen LogP contribution in [0, 0.1) is 0 Å². The van der Waals surface area contributed by atoms with Gasteiger partial charge in [-0.3, -0.25) is 0 Å². The van der Waals surface area contributed by atoms with Gasteiger partial charge in [-0.1, -0.05) is 12.1 Å². The number of hydrogen-bond donors (Lipinski definition) is 1. The number of rotatable bonds is 5. The van der Waals surface area contributed by atoms with Crippen LogP contribution in [0.25, 0.3) is 0 Å². The maximum absolute atomic E-state index is 5.73. The molecule has 3 heteroatoms. The summed E-state index contributed by atoms with van der Waals surface area (Å²) in [6.07, 6.45) is 4.25. The van der Waals surface area contributed by atoms with Crippen LogP contribution in [0.1, 0.15) is 24.8 Å². The maximum Gasteiger partial charge on any atom is 0.0669 e. The Bertz CT molecular complexity index is 319. The van der Waals surface area contributed by atoms with Gasteiger partial charge in [0.15, 0.2) is 0 Å². The Morgan fingerprint density at radius 1 is 1.29 bits per heavy atom. The van der Waals surface area contributed by atoms with Crippen LogP contribution < -0.4 is 5.32 Å². The van der Waals surface area contributed by atoms with Gasteiger partial charge in [-0.05, 0) is 44.0 Å².